The fraction of sp³-hybridized carbons (Fsp3) is 0.375. The van der Waals surface area contributed by atoms with E-state index in [0.717, 1.165) is 48.8 Å². The highest BCUT2D eigenvalue weighted by molar-refractivity contribution is 7.99. The number of aryl methyl sites for hydroxylation is 1. The number of carbonyl (C=O) groups is 1. The molecule has 3 aromatic rings. The summed E-state index contributed by atoms with van der Waals surface area (Å²) in [4.78, 5) is 14.7. The monoisotopic (exact) mass is 436 g/mol. The van der Waals surface area contributed by atoms with E-state index in [-0.39, 0.29) is 5.91 Å². The Morgan fingerprint density at radius 2 is 1.74 bits per heavy atom. The molecule has 0 atom stereocenters. The molecule has 162 valence electrons. The molecule has 0 N–H and O–H groups in total. The number of methoxy groups -OCH3 is 1. The Hall–Kier alpha value is -2.80. The van der Waals surface area contributed by atoms with Crippen molar-refractivity contribution in [3.8, 4) is 22.8 Å². The number of aromatic nitrogens is 3. The number of likely N-dealkylation sites (tertiary alicyclic amines) is 1. The smallest absolute Gasteiger partial charge is 0.233 e. The number of carbonyl (C=O) groups excluding carboxylic acids is 1. The van der Waals surface area contributed by atoms with Crippen LogP contribution in [-0.2, 0) is 4.79 Å². The van der Waals surface area contributed by atoms with Gasteiger partial charge in [0, 0.05) is 24.3 Å². The van der Waals surface area contributed by atoms with E-state index in [2.05, 4.69) is 36.2 Å². The maximum Gasteiger partial charge on any atom is 0.233 e. The molecule has 31 heavy (non-hydrogen) atoms. The van der Waals surface area contributed by atoms with Gasteiger partial charge in [-0.3, -0.25) is 9.36 Å². The van der Waals surface area contributed by atoms with Gasteiger partial charge in [-0.2, -0.15) is 0 Å². The van der Waals surface area contributed by atoms with Crippen molar-refractivity contribution >= 4 is 17.7 Å². The van der Waals surface area contributed by atoms with Gasteiger partial charge in [0.1, 0.15) is 5.75 Å². The Morgan fingerprint density at radius 1 is 1.06 bits per heavy atom. The van der Waals surface area contributed by atoms with Crippen LogP contribution in [0, 0.1) is 12.8 Å². The van der Waals surface area contributed by atoms with E-state index in [1.54, 1.807) is 7.11 Å². The summed E-state index contributed by atoms with van der Waals surface area (Å²) in [6.45, 7) is 6.01. The van der Waals surface area contributed by atoms with Gasteiger partial charge in [-0.05, 0) is 49.9 Å². The number of rotatable bonds is 6. The maximum absolute atomic E-state index is 12.8. The second-order valence-corrected chi connectivity index (χ2v) is 9.00. The summed E-state index contributed by atoms with van der Waals surface area (Å²) in [5.41, 5.74) is 3.11. The Morgan fingerprint density at radius 3 is 2.39 bits per heavy atom. The third kappa shape index (κ3) is 4.93. The molecule has 2 heterocycles. The van der Waals surface area contributed by atoms with E-state index in [0.29, 0.717) is 16.8 Å². The first kappa shape index (κ1) is 21.4. The third-order valence-electron chi connectivity index (χ3n) is 5.73. The lowest BCUT2D eigenvalue weighted by atomic mass is 9.99. The number of thioether (sulfide) groups is 1. The van der Waals surface area contributed by atoms with Crippen molar-refractivity contribution in [2.24, 2.45) is 5.92 Å². The normalized spacial score (nSPS) is 14.6. The summed E-state index contributed by atoms with van der Waals surface area (Å²) in [6.07, 6.45) is 2.16. The standard InChI is InChI=1S/C24H28N4O2S/c1-17-4-6-19(7-5-17)23-25-26-24(28(23)20-8-10-21(30-3)11-9-20)31-16-22(29)27-14-12-18(2)13-15-27/h4-11,18H,12-16H2,1-3H3. The molecule has 7 heteroatoms. The number of hydrogen-bond acceptors (Lipinski definition) is 5. The summed E-state index contributed by atoms with van der Waals surface area (Å²) in [5.74, 6) is 2.77. The lowest BCUT2D eigenvalue weighted by Crippen LogP contribution is -2.38. The van der Waals surface area contributed by atoms with Crippen LogP contribution >= 0.6 is 11.8 Å². The first-order valence-corrected chi connectivity index (χ1v) is 11.6. The zero-order chi connectivity index (χ0) is 21.8. The fourth-order valence-corrected chi connectivity index (χ4v) is 4.55. The first-order chi connectivity index (χ1) is 15.0. The average Bonchev–Trinajstić information content (AvgIpc) is 3.22. The third-order valence-corrected chi connectivity index (χ3v) is 6.65. The lowest BCUT2D eigenvalue weighted by molar-refractivity contribution is -0.129. The van der Waals surface area contributed by atoms with Crippen LogP contribution in [0.15, 0.2) is 53.7 Å². The summed E-state index contributed by atoms with van der Waals surface area (Å²) >= 11 is 1.44. The van der Waals surface area contributed by atoms with Gasteiger partial charge < -0.3 is 9.64 Å². The van der Waals surface area contributed by atoms with Crippen molar-refractivity contribution in [1.82, 2.24) is 19.7 Å². The summed E-state index contributed by atoms with van der Waals surface area (Å²) in [6, 6.07) is 16.0. The quantitative estimate of drug-likeness (QED) is 0.529. The second kappa shape index (κ2) is 9.56. The predicted molar refractivity (Wildman–Crippen MR) is 124 cm³/mol. The molecule has 1 aromatic heterocycles. The average molecular weight is 437 g/mol. The molecule has 0 aliphatic carbocycles. The van der Waals surface area contributed by atoms with Gasteiger partial charge in [0.2, 0.25) is 5.91 Å². The van der Waals surface area contributed by atoms with Crippen molar-refractivity contribution in [1.29, 1.82) is 0 Å². The minimum absolute atomic E-state index is 0.165. The van der Waals surface area contributed by atoms with Crippen molar-refractivity contribution in [3.63, 3.8) is 0 Å². The molecule has 0 radical (unpaired) electrons. The maximum atomic E-state index is 12.8. The van der Waals surface area contributed by atoms with E-state index in [9.17, 15) is 4.79 Å². The van der Waals surface area contributed by atoms with Crippen molar-refractivity contribution in [2.45, 2.75) is 31.8 Å². The molecule has 0 unspecified atom stereocenters. The minimum atomic E-state index is 0.165. The lowest BCUT2D eigenvalue weighted by Gasteiger charge is -2.30. The molecule has 1 aliphatic rings. The van der Waals surface area contributed by atoms with E-state index < -0.39 is 0 Å². The minimum Gasteiger partial charge on any atom is -0.497 e. The molecular weight excluding hydrogens is 408 g/mol. The Balaban J connectivity index is 1.60. The van der Waals surface area contributed by atoms with Crippen molar-refractivity contribution in [2.75, 3.05) is 26.0 Å². The SMILES string of the molecule is COc1ccc(-n2c(SCC(=O)N3CCC(C)CC3)nnc2-c2ccc(C)cc2)cc1. The van der Waals surface area contributed by atoms with Crippen molar-refractivity contribution in [3.05, 3.63) is 54.1 Å². The molecule has 1 aliphatic heterocycles. The molecule has 1 fully saturated rings. The van der Waals surface area contributed by atoms with E-state index >= 15 is 0 Å². The van der Waals surface area contributed by atoms with Crippen LogP contribution in [0.1, 0.15) is 25.3 Å². The second-order valence-electron chi connectivity index (χ2n) is 8.06. The van der Waals surface area contributed by atoms with Gasteiger partial charge in [-0.25, -0.2) is 0 Å². The van der Waals surface area contributed by atoms with Gasteiger partial charge in [-0.1, -0.05) is 48.5 Å². The van der Waals surface area contributed by atoms with Gasteiger partial charge in [0.25, 0.3) is 0 Å². The topological polar surface area (TPSA) is 60.2 Å². The van der Waals surface area contributed by atoms with E-state index in [4.69, 9.17) is 4.74 Å². The molecule has 1 amide bonds. The molecule has 2 aromatic carbocycles. The number of hydrogen-bond donors (Lipinski definition) is 0. The van der Waals surface area contributed by atoms with Crippen LogP contribution in [0.2, 0.25) is 0 Å². The van der Waals surface area contributed by atoms with Crippen LogP contribution in [0.25, 0.3) is 17.1 Å². The molecular formula is C24H28N4O2S. The Kier molecular flexibility index (Phi) is 6.61. The molecule has 4 rings (SSSR count). The van der Waals surface area contributed by atoms with Crippen LogP contribution in [0.4, 0.5) is 0 Å². The molecule has 6 nitrogen and oxygen atoms in total. The Labute approximate surface area is 187 Å². The largest absolute Gasteiger partial charge is 0.497 e. The van der Waals surface area contributed by atoms with Crippen LogP contribution in [0.5, 0.6) is 5.75 Å². The number of benzene rings is 2. The first-order valence-electron chi connectivity index (χ1n) is 10.6. The van der Waals surface area contributed by atoms with Gasteiger partial charge >= 0.3 is 0 Å². The molecule has 0 bridgehead atoms. The van der Waals surface area contributed by atoms with Gasteiger partial charge in [0.05, 0.1) is 12.9 Å². The fourth-order valence-electron chi connectivity index (χ4n) is 3.69. The molecule has 1 saturated heterocycles. The highest BCUT2D eigenvalue weighted by Gasteiger charge is 2.22. The van der Waals surface area contributed by atoms with E-state index in [1.165, 1.54) is 17.3 Å². The number of ether oxygens (including phenoxy) is 1. The molecule has 0 saturated carbocycles. The zero-order valence-electron chi connectivity index (χ0n) is 18.2. The molecule has 0 spiro atoms. The van der Waals surface area contributed by atoms with E-state index in [1.807, 2.05) is 45.9 Å². The summed E-state index contributed by atoms with van der Waals surface area (Å²) < 4.78 is 7.32. The number of amides is 1. The predicted octanol–water partition coefficient (Wildman–Crippen LogP) is 4.60. The Bertz CT molecular complexity index is 1020. The van der Waals surface area contributed by atoms with Crippen molar-refractivity contribution < 1.29 is 9.53 Å². The number of nitrogens with zero attached hydrogens (tertiary/aromatic N) is 4. The van der Waals surface area contributed by atoms with Crippen LogP contribution < -0.4 is 4.74 Å². The zero-order valence-corrected chi connectivity index (χ0v) is 19.1. The van der Waals surface area contributed by atoms with Crippen LogP contribution in [-0.4, -0.2) is 51.5 Å². The number of piperidine rings is 1. The summed E-state index contributed by atoms with van der Waals surface area (Å²) in [7, 11) is 1.65. The van der Waals surface area contributed by atoms with Gasteiger partial charge in [-0.15, -0.1) is 10.2 Å². The highest BCUT2D eigenvalue weighted by atomic mass is 32.2. The highest BCUT2D eigenvalue weighted by Crippen LogP contribution is 2.29. The summed E-state index contributed by atoms with van der Waals surface area (Å²) in [5, 5.41) is 9.62. The van der Waals surface area contributed by atoms with Gasteiger partial charge in [0.15, 0.2) is 11.0 Å². The van der Waals surface area contributed by atoms with Crippen LogP contribution in [0.3, 0.4) is 0 Å².